The maximum absolute atomic E-state index is 12.2. The summed E-state index contributed by atoms with van der Waals surface area (Å²) >= 11 is 0. The zero-order valence-corrected chi connectivity index (χ0v) is 15.6. The Balaban J connectivity index is 1.60. The summed E-state index contributed by atoms with van der Waals surface area (Å²) in [5, 5.41) is 3.32. The number of guanidine groups is 1. The predicted molar refractivity (Wildman–Crippen MR) is 102 cm³/mol. The largest absolute Gasteiger partial charge is 0.357 e. The highest BCUT2D eigenvalue weighted by Gasteiger charge is 2.26. The molecule has 26 heavy (non-hydrogen) atoms. The molecule has 0 radical (unpaired) electrons. The number of piperazine rings is 1. The molecule has 0 bridgehead atoms. The van der Waals surface area contributed by atoms with Crippen molar-refractivity contribution in [3.8, 4) is 0 Å². The first-order chi connectivity index (χ1) is 12.6. The molecule has 140 valence electrons. The van der Waals surface area contributed by atoms with Gasteiger partial charge < -0.3 is 20.0 Å². The molecule has 1 saturated heterocycles. The van der Waals surface area contributed by atoms with E-state index in [1.807, 2.05) is 41.0 Å². The van der Waals surface area contributed by atoms with Crippen molar-refractivity contribution in [2.24, 2.45) is 4.99 Å². The minimum Gasteiger partial charge on any atom is -0.357 e. The number of aliphatic imine (C=N–C) groups is 1. The third-order valence-electron chi connectivity index (χ3n) is 4.87. The maximum Gasteiger partial charge on any atom is 0.231 e. The quantitative estimate of drug-likeness (QED) is 0.636. The number of para-hydroxylation sites is 1. The monoisotopic (exact) mass is 357 g/mol. The molecule has 1 aromatic carbocycles. The minimum absolute atomic E-state index is 0.123. The van der Waals surface area contributed by atoms with Crippen LogP contribution in [0.15, 0.2) is 29.3 Å². The first kappa shape index (κ1) is 18.2. The van der Waals surface area contributed by atoms with Gasteiger partial charge in [-0.2, -0.15) is 0 Å². The van der Waals surface area contributed by atoms with Gasteiger partial charge in [-0.05, 0) is 18.6 Å². The molecule has 2 amide bonds. The van der Waals surface area contributed by atoms with Gasteiger partial charge in [-0.3, -0.25) is 14.6 Å². The van der Waals surface area contributed by atoms with Gasteiger partial charge in [0.15, 0.2) is 5.96 Å². The molecule has 7 heteroatoms. The molecule has 2 heterocycles. The normalized spacial score (nSPS) is 17.5. The molecule has 0 unspecified atom stereocenters. The third kappa shape index (κ3) is 3.98. The second-order valence-electron chi connectivity index (χ2n) is 6.58. The van der Waals surface area contributed by atoms with E-state index in [4.69, 9.17) is 4.99 Å². The number of carbonyl (C=O) groups excluding carboxylic acids is 2. The number of anilines is 1. The molecule has 0 atom stereocenters. The van der Waals surface area contributed by atoms with Crippen molar-refractivity contribution >= 4 is 23.5 Å². The van der Waals surface area contributed by atoms with Crippen LogP contribution in [0.2, 0.25) is 0 Å². The van der Waals surface area contributed by atoms with E-state index in [0.717, 1.165) is 49.9 Å². The lowest BCUT2D eigenvalue weighted by atomic mass is 10.2. The van der Waals surface area contributed by atoms with Crippen molar-refractivity contribution in [3.05, 3.63) is 29.8 Å². The molecule has 2 aliphatic rings. The third-order valence-corrected chi connectivity index (χ3v) is 4.87. The van der Waals surface area contributed by atoms with E-state index >= 15 is 0 Å². The van der Waals surface area contributed by atoms with Crippen molar-refractivity contribution in [1.82, 2.24) is 15.1 Å². The van der Waals surface area contributed by atoms with Crippen molar-refractivity contribution in [2.45, 2.75) is 20.3 Å². The van der Waals surface area contributed by atoms with Crippen LogP contribution in [0.5, 0.6) is 0 Å². The number of amides is 2. The molecule has 2 aliphatic heterocycles. The van der Waals surface area contributed by atoms with E-state index in [0.29, 0.717) is 19.5 Å². The highest BCUT2D eigenvalue weighted by atomic mass is 16.2. The minimum atomic E-state index is 0.123. The fourth-order valence-corrected chi connectivity index (χ4v) is 3.48. The topological polar surface area (TPSA) is 68.2 Å². The summed E-state index contributed by atoms with van der Waals surface area (Å²) in [7, 11) is 0. The van der Waals surface area contributed by atoms with Gasteiger partial charge in [0.1, 0.15) is 0 Å². The molecule has 0 aliphatic carbocycles. The van der Waals surface area contributed by atoms with Crippen molar-refractivity contribution in [2.75, 3.05) is 50.7 Å². The fraction of sp³-hybridized carbons (Fsp3) is 0.526. The van der Waals surface area contributed by atoms with Gasteiger partial charge in [-0.15, -0.1) is 0 Å². The van der Waals surface area contributed by atoms with Crippen LogP contribution in [0.1, 0.15) is 19.4 Å². The lowest BCUT2D eigenvalue weighted by molar-refractivity contribution is -0.130. The highest BCUT2D eigenvalue weighted by molar-refractivity contribution is 6.01. The van der Waals surface area contributed by atoms with Crippen LogP contribution in [-0.2, 0) is 16.0 Å². The molecule has 7 nitrogen and oxygen atoms in total. The van der Waals surface area contributed by atoms with Crippen molar-refractivity contribution in [1.29, 1.82) is 0 Å². The number of fused-ring (bicyclic) bond motifs is 1. The Kier molecular flexibility index (Phi) is 5.75. The SMILES string of the molecule is CCNC(=NCCN1C(=O)Cc2ccccc21)N1CCN(C(C)=O)CC1. The van der Waals surface area contributed by atoms with Gasteiger partial charge in [-0.1, -0.05) is 18.2 Å². The van der Waals surface area contributed by atoms with Gasteiger partial charge in [0.05, 0.1) is 13.0 Å². The molecule has 1 fully saturated rings. The molecule has 1 N–H and O–H groups in total. The predicted octanol–water partition coefficient (Wildman–Crippen LogP) is 0.705. The summed E-state index contributed by atoms with van der Waals surface area (Å²) in [6.07, 6.45) is 0.479. The fourth-order valence-electron chi connectivity index (χ4n) is 3.48. The van der Waals surface area contributed by atoms with Crippen LogP contribution in [0.25, 0.3) is 0 Å². The van der Waals surface area contributed by atoms with Gasteiger partial charge in [0, 0.05) is 51.9 Å². The Bertz CT molecular complexity index is 695. The number of carbonyl (C=O) groups is 2. The maximum atomic E-state index is 12.2. The van der Waals surface area contributed by atoms with Gasteiger partial charge in [0.25, 0.3) is 0 Å². The zero-order chi connectivity index (χ0) is 18.5. The smallest absolute Gasteiger partial charge is 0.231 e. The number of hydrogen-bond acceptors (Lipinski definition) is 3. The second-order valence-corrected chi connectivity index (χ2v) is 6.58. The second kappa shape index (κ2) is 8.21. The van der Waals surface area contributed by atoms with Crippen LogP contribution < -0.4 is 10.2 Å². The lowest BCUT2D eigenvalue weighted by Gasteiger charge is -2.36. The average molecular weight is 357 g/mol. The highest BCUT2D eigenvalue weighted by Crippen LogP contribution is 2.27. The molecular formula is C19H27N5O2. The number of rotatable bonds is 4. The number of benzene rings is 1. The summed E-state index contributed by atoms with van der Waals surface area (Å²) in [6, 6.07) is 7.94. The van der Waals surface area contributed by atoms with Crippen molar-refractivity contribution < 1.29 is 9.59 Å². The van der Waals surface area contributed by atoms with E-state index in [1.54, 1.807) is 6.92 Å². The van der Waals surface area contributed by atoms with Gasteiger partial charge in [-0.25, -0.2) is 0 Å². The van der Waals surface area contributed by atoms with Crippen LogP contribution in [0, 0.1) is 0 Å². The number of hydrogen-bond donors (Lipinski definition) is 1. The molecule has 0 spiro atoms. The Labute approximate surface area is 154 Å². The Morgan fingerprint density at radius 3 is 2.54 bits per heavy atom. The van der Waals surface area contributed by atoms with Crippen LogP contribution in [-0.4, -0.2) is 73.4 Å². The zero-order valence-electron chi connectivity index (χ0n) is 15.6. The van der Waals surface area contributed by atoms with E-state index in [1.165, 1.54) is 0 Å². The molecule has 1 aromatic rings. The van der Waals surface area contributed by atoms with Gasteiger partial charge >= 0.3 is 0 Å². The van der Waals surface area contributed by atoms with Crippen LogP contribution >= 0.6 is 0 Å². The summed E-state index contributed by atoms with van der Waals surface area (Å²) in [6.45, 7) is 8.56. The summed E-state index contributed by atoms with van der Waals surface area (Å²) < 4.78 is 0. The van der Waals surface area contributed by atoms with Gasteiger partial charge in [0.2, 0.25) is 11.8 Å². The molecule has 0 aromatic heterocycles. The standard InChI is InChI=1S/C19H27N5O2/c1-3-20-19(23-12-10-22(11-13-23)15(2)25)21-8-9-24-17-7-5-4-6-16(17)14-18(24)26/h4-7H,3,8-14H2,1-2H3,(H,20,21). The van der Waals surface area contributed by atoms with Crippen molar-refractivity contribution in [3.63, 3.8) is 0 Å². The van der Waals surface area contributed by atoms with E-state index in [-0.39, 0.29) is 11.8 Å². The Hall–Kier alpha value is -2.57. The summed E-state index contributed by atoms with van der Waals surface area (Å²) in [5.41, 5.74) is 2.10. The average Bonchev–Trinajstić information content (AvgIpc) is 2.96. The van der Waals surface area contributed by atoms with E-state index in [2.05, 4.69) is 10.2 Å². The van der Waals surface area contributed by atoms with Crippen LogP contribution in [0.4, 0.5) is 5.69 Å². The molecule has 3 rings (SSSR count). The molecular weight excluding hydrogens is 330 g/mol. The van der Waals surface area contributed by atoms with Crippen LogP contribution in [0.3, 0.4) is 0 Å². The lowest BCUT2D eigenvalue weighted by Crippen LogP contribution is -2.53. The summed E-state index contributed by atoms with van der Waals surface area (Å²) in [4.78, 5) is 34.3. The summed E-state index contributed by atoms with van der Waals surface area (Å²) in [5.74, 6) is 1.12. The Morgan fingerprint density at radius 2 is 1.85 bits per heavy atom. The van der Waals surface area contributed by atoms with E-state index < -0.39 is 0 Å². The Morgan fingerprint density at radius 1 is 1.15 bits per heavy atom. The first-order valence-corrected chi connectivity index (χ1v) is 9.27. The number of nitrogens with one attached hydrogen (secondary N) is 1. The number of nitrogens with zero attached hydrogens (tertiary/aromatic N) is 4. The van der Waals surface area contributed by atoms with E-state index in [9.17, 15) is 9.59 Å². The first-order valence-electron chi connectivity index (χ1n) is 9.27. The molecule has 0 saturated carbocycles.